The molecule has 1 heterocycles. The summed E-state index contributed by atoms with van der Waals surface area (Å²) in [6.07, 6.45) is 0.902. The number of nitrogens with one attached hydrogen (secondary N) is 2. The highest BCUT2D eigenvalue weighted by atomic mass is 35.5. The Balaban J connectivity index is 0.00000220. The molecule has 2 atom stereocenters. The molecule has 6 nitrogen and oxygen atoms in total. The standard InChI is InChI=1S/C14H19N3O3.ClH/c1-9-7-11(17(19)20)3-4-12(9)14(18)16-13-5-6-15-8-10(13)2;/h3-4,7,10,13,15H,5-6,8H2,1-2H3,(H,16,18);1H. The molecule has 1 saturated heterocycles. The van der Waals surface area contributed by atoms with Crippen molar-refractivity contribution in [1.29, 1.82) is 0 Å². The maximum Gasteiger partial charge on any atom is 0.269 e. The van der Waals surface area contributed by atoms with Crippen molar-refractivity contribution in [1.82, 2.24) is 10.6 Å². The molecule has 2 unspecified atom stereocenters. The van der Waals surface area contributed by atoms with Crippen molar-refractivity contribution in [2.24, 2.45) is 5.92 Å². The number of carbonyl (C=O) groups is 1. The summed E-state index contributed by atoms with van der Waals surface area (Å²) < 4.78 is 0. The van der Waals surface area contributed by atoms with Crippen LogP contribution < -0.4 is 10.6 Å². The largest absolute Gasteiger partial charge is 0.349 e. The number of rotatable bonds is 3. The number of halogens is 1. The predicted molar refractivity (Wildman–Crippen MR) is 83.0 cm³/mol. The summed E-state index contributed by atoms with van der Waals surface area (Å²) in [5.74, 6) is 0.224. The van der Waals surface area contributed by atoms with Gasteiger partial charge < -0.3 is 10.6 Å². The summed E-state index contributed by atoms with van der Waals surface area (Å²) >= 11 is 0. The van der Waals surface area contributed by atoms with Crippen LogP contribution in [0.1, 0.15) is 29.3 Å². The molecule has 0 spiro atoms. The Morgan fingerprint density at radius 1 is 1.48 bits per heavy atom. The van der Waals surface area contributed by atoms with E-state index in [1.165, 1.54) is 18.2 Å². The van der Waals surface area contributed by atoms with Crippen molar-refractivity contribution < 1.29 is 9.72 Å². The molecular weight excluding hydrogens is 294 g/mol. The molecule has 0 aromatic heterocycles. The first-order chi connectivity index (χ1) is 9.49. The number of hydrogen-bond acceptors (Lipinski definition) is 4. The van der Waals surface area contributed by atoms with Crippen molar-refractivity contribution in [3.63, 3.8) is 0 Å². The molecule has 1 aliphatic heterocycles. The minimum atomic E-state index is -0.455. The van der Waals surface area contributed by atoms with Crippen molar-refractivity contribution in [3.05, 3.63) is 39.4 Å². The average molecular weight is 314 g/mol. The Morgan fingerprint density at radius 3 is 2.76 bits per heavy atom. The van der Waals surface area contributed by atoms with Gasteiger partial charge in [-0.1, -0.05) is 6.92 Å². The van der Waals surface area contributed by atoms with E-state index < -0.39 is 4.92 Å². The van der Waals surface area contributed by atoms with Crippen LogP contribution in [-0.4, -0.2) is 30.0 Å². The zero-order valence-corrected chi connectivity index (χ0v) is 12.9. The Hall–Kier alpha value is -1.66. The lowest BCUT2D eigenvalue weighted by Gasteiger charge is -2.30. The molecule has 0 saturated carbocycles. The van der Waals surface area contributed by atoms with E-state index >= 15 is 0 Å². The minimum absolute atomic E-state index is 0. The number of piperidine rings is 1. The molecule has 2 N–H and O–H groups in total. The molecule has 2 rings (SSSR count). The summed E-state index contributed by atoms with van der Waals surface area (Å²) in [5, 5.41) is 17.0. The van der Waals surface area contributed by atoms with Gasteiger partial charge in [0.2, 0.25) is 0 Å². The minimum Gasteiger partial charge on any atom is -0.349 e. The maximum atomic E-state index is 12.3. The molecule has 21 heavy (non-hydrogen) atoms. The van der Waals surface area contributed by atoms with Gasteiger partial charge in [-0.25, -0.2) is 0 Å². The zero-order chi connectivity index (χ0) is 14.7. The third-order valence-corrected chi connectivity index (χ3v) is 3.77. The van der Waals surface area contributed by atoms with Crippen LogP contribution >= 0.6 is 12.4 Å². The lowest BCUT2D eigenvalue weighted by molar-refractivity contribution is -0.384. The fraction of sp³-hybridized carbons (Fsp3) is 0.500. The van der Waals surface area contributed by atoms with Gasteiger partial charge in [-0.2, -0.15) is 0 Å². The van der Waals surface area contributed by atoms with Crippen LogP contribution in [0, 0.1) is 23.0 Å². The number of amides is 1. The molecule has 7 heteroatoms. The highest BCUT2D eigenvalue weighted by Crippen LogP contribution is 2.18. The van der Waals surface area contributed by atoms with E-state index in [1.807, 2.05) is 0 Å². The number of nitrogens with zero attached hydrogens (tertiary/aromatic N) is 1. The smallest absolute Gasteiger partial charge is 0.269 e. The van der Waals surface area contributed by atoms with Gasteiger partial charge in [-0.05, 0) is 44.0 Å². The molecule has 0 bridgehead atoms. The summed E-state index contributed by atoms with van der Waals surface area (Å²) in [7, 11) is 0. The van der Waals surface area contributed by atoms with E-state index in [9.17, 15) is 14.9 Å². The van der Waals surface area contributed by atoms with Crippen LogP contribution in [-0.2, 0) is 0 Å². The van der Waals surface area contributed by atoms with Crippen LogP contribution in [0.15, 0.2) is 18.2 Å². The zero-order valence-electron chi connectivity index (χ0n) is 12.1. The second kappa shape index (κ2) is 7.38. The van der Waals surface area contributed by atoms with Crippen LogP contribution in [0.25, 0.3) is 0 Å². The molecular formula is C14H20ClN3O3. The van der Waals surface area contributed by atoms with Crippen LogP contribution in [0.3, 0.4) is 0 Å². The Kier molecular flexibility index (Phi) is 6.11. The molecule has 0 radical (unpaired) electrons. The van der Waals surface area contributed by atoms with E-state index in [0.29, 0.717) is 17.0 Å². The van der Waals surface area contributed by atoms with Gasteiger partial charge in [0.05, 0.1) is 4.92 Å². The number of non-ortho nitro benzene ring substituents is 1. The highest BCUT2D eigenvalue weighted by Gasteiger charge is 2.24. The number of nitro benzene ring substituents is 1. The summed E-state index contributed by atoms with van der Waals surface area (Å²) in [6.45, 7) is 5.60. The summed E-state index contributed by atoms with van der Waals surface area (Å²) in [4.78, 5) is 22.5. The second-order valence-electron chi connectivity index (χ2n) is 5.31. The Morgan fingerprint density at radius 2 is 2.19 bits per heavy atom. The van der Waals surface area contributed by atoms with E-state index in [1.54, 1.807) is 6.92 Å². The number of nitro groups is 1. The van der Waals surface area contributed by atoms with Crippen molar-refractivity contribution in [3.8, 4) is 0 Å². The lowest BCUT2D eigenvalue weighted by atomic mass is 9.94. The van der Waals surface area contributed by atoms with Gasteiger partial charge in [0, 0.05) is 23.7 Å². The van der Waals surface area contributed by atoms with E-state index in [0.717, 1.165) is 19.5 Å². The highest BCUT2D eigenvalue weighted by molar-refractivity contribution is 5.96. The first-order valence-electron chi connectivity index (χ1n) is 6.75. The maximum absolute atomic E-state index is 12.3. The van der Waals surface area contributed by atoms with Crippen molar-refractivity contribution >= 4 is 24.0 Å². The monoisotopic (exact) mass is 313 g/mol. The summed E-state index contributed by atoms with van der Waals surface area (Å²) in [6, 6.07) is 4.47. The second-order valence-corrected chi connectivity index (χ2v) is 5.31. The van der Waals surface area contributed by atoms with Crippen LogP contribution in [0.5, 0.6) is 0 Å². The molecule has 0 aliphatic carbocycles. The van der Waals surface area contributed by atoms with E-state index in [-0.39, 0.29) is 30.0 Å². The first kappa shape index (κ1) is 17.4. The number of aryl methyl sites for hydroxylation is 1. The molecule has 116 valence electrons. The molecule has 1 aromatic rings. The molecule has 1 aliphatic rings. The predicted octanol–water partition coefficient (Wildman–Crippen LogP) is 2.05. The van der Waals surface area contributed by atoms with E-state index in [2.05, 4.69) is 17.6 Å². The van der Waals surface area contributed by atoms with Gasteiger partial charge >= 0.3 is 0 Å². The number of benzene rings is 1. The lowest BCUT2D eigenvalue weighted by Crippen LogP contribution is -2.48. The quantitative estimate of drug-likeness (QED) is 0.661. The molecule has 1 amide bonds. The first-order valence-corrected chi connectivity index (χ1v) is 6.75. The normalized spacial score (nSPS) is 21.2. The van der Waals surface area contributed by atoms with Crippen molar-refractivity contribution in [2.75, 3.05) is 13.1 Å². The fourth-order valence-corrected chi connectivity index (χ4v) is 2.49. The van der Waals surface area contributed by atoms with E-state index in [4.69, 9.17) is 0 Å². The third kappa shape index (κ3) is 4.15. The van der Waals surface area contributed by atoms with Gasteiger partial charge in [-0.15, -0.1) is 12.4 Å². The van der Waals surface area contributed by atoms with Crippen LogP contribution in [0.2, 0.25) is 0 Å². The topological polar surface area (TPSA) is 84.3 Å². The fourth-order valence-electron chi connectivity index (χ4n) is 2.49. The van der Waals surface area contributed by atoms with Gasteiger partial charge in [0.25, 0.3) is 11.6 Å². The van der Waals surface area contributed by atoms with Gasteiger partial charge in [0.1, 0.15) is 0 Å². The SMILES string of the molecule is Cc1cc([N+](=O)[O-])ccc1C(=O)NC1CCNCC1C.Cl. The Labute approximate surface area is 129 Å². The third-order valence-electron chi connectivity index (χ3n) is 3.77. The Bertz CT molecular complexity index is 536. The molecule has 1 aromatic carbocycles. The van der Waals surface area contributed by atoms with Crippen molar-refractivity contribution in [2.45, 2.75) is 26.3 Å². The molecule has 1 fully saturated rings. The number of carbonyl (C=O) groups excluding carboxylic acids is 1. The van der Waals surface area contributed by atoms with Gasteiger partial charge in [0.15, 0.2) is 0 Å². The van der Waals surface area contributed by atoms with Gasteiger partial charge in [-0.3, -0.25) is 14.9 Å². The average Bonchev–Trinajstić information content (AvgIpc) is 2.41. The summed E-state index contributed by atoms with van der Waals surface area (Å²) in [5.41, 5.74) is 1.13. The number of hydrogen-bond donors (Lipinski definition) is 2. The van der Waals surface area contributed by atoms with Crippen LogP contribution in [0.4, 0.5) is 5.69 Å².